The summed E-state index contributed by atoms with van der Waals surface area (Å²) in [5, 5.41) is 2.76. The Hall–Kier alpha value is -4.79. The van der Waals surface area contributed by atoms with Crippen LogP contribution in [0, 0.1) is 0 Å². The summed E-state index contributed by atoms with van der Waals surface area (Å²) in [6.45, 7) is 0.299. The first-order chi connectivity index (χ1) is 17.0. The highest BCUT2D eigenvalue weighted by molar-refractivity contribution is 6.07. The fourth-order valence-corrected chi connectivity index (χ4v) is 3.69. The zero-order valence-corrected chi connectivity index (χ0v) is 19.2. The molecule has 1 aromatic carbocycles. The lowest BCUT2D eigenvalue weighted by Crippen LogP contribution is -2.30. The van der Waals surface area contributed by atoms with Crippen LogP contribution in [0.15, 0.2) is 79.3 Å². The second kappa shape index (κ2) is 9.22. The number of amides is 2. The van der Waals surface area contributed by atoms with Crippen LogP contribution in [0.1, 0.15) is 26.3 Å². The van der Waals surface area contributed by atoms with E-state index >= 15 is 0 Å². The average Bonchev–Trinajstić information content (AvgIpc) is 3.05. The van der Waals surface area contributed by atoms with Crippen LogP contribution in [-0.2, 0) is 6.54 Å². The lowest BCUT2D eigenvalue weighted by molar-refractivity contribution is 0.0984. The number of rotatable bonds is 4. The Morgan fingerprint density at radius 1 is 0.943 bits per heavy atom. The van der Waals surface area contributed by atoms with Gasteiger partial charge >= 0.3 is 0 Å². The minimum absolute atomic E-state index is 0.243. The quantitative estimate of drug-likeness (QED) is 0.482. The molecular formula is C26H22N6O3. The fraction of sp³-hybridized carbons (Fsp3) is 0.115. The smallest absolute Gasteiger partial charge is 0.260 e. The second-order valence-electron chi connectivity index (χ2n) is 8.11. The van der Waals surface area contributed by atoms with Gasteiger partial charge in [0.25, 0.3) is 11.8 Å². The van der Waals surface area contributed by atoms with Crippen molar-refractivity contribution >= 4 is 29.1 Å². The SMILES string of the molecule is CN(C)c1cc(C(=O)Nc2ccc(C(=O)N3Cc4cccnc4Oc4ccccc43)cn2)ccn1. The van der Waals surface area contributed by atoms with Crippen LogP contribution < -0.4 is 19.9 Å². The van der Waals surface area contributed by atoms with Crippen molar-refractivity contribution in [3.8, 4) is 11.6 Å². The number of carbonyl (C=O) groups is 2. The Morgan fingerprint density at radius 3 is 2.60 bits per heavy atom. The van der Waals surface area contributed by atoms with E-state index in [-0.39, 0.29) is 11.8 Å². The molecule has 4 heterocycles. The van der Waals surface area contributed by atoms with Crippen molar-refractivity contribution in [2.45, 2.75) is 6.54 Å². The van der Waals surface area contributed by atoms with Gasteiger partial charge in [0.15, 0.2) is 5.75 Å². The molecule has 1 aliphatic heterocycles. The molecule has 9 heteroatoms. The number of hydrogen-bond donors (Lipinski definition) is 1. The molecule has 0 spiro atoms. The first-order valence-electron chi connectivity index (χ1n) is 10.9. The van der Waals surface area contributed by atoms with Gasteiger partial charge in [0.2, 0.25) is 5.88 Å². The van der Waals surface area contributed by atoms with Crippen LogP contribution in [0.5, 0.6) is 11.6 Å². The molecule has 0 aliphatic carbocycles. The molecule has 1 N–H and O–H groups in total. The summed E-state index contributed by atoms with van der Waals surface area (Å²) >= 11 is 0. The molecule has 0 saturated carbocycles. The van der Waals surface area contributed by atoms with E-state index in [1.54, 1.807) is 47.6 Å². The maximum Gasteiger partial charge on any atom is 0.260 e. The van der Waals surface area contributed by atoms with Gasteiger partial charge in [-0.1, -0.05) is 18.2 Å². The van der Waals surface area contributed by atoms with E-state index in [4.69, 9.17) is 4.74 Å². The first kappa shape index (κ1) is 22.0. The summed E-state index contributed by atoms with van der Waals surface area (Å²) in [5.41, 5.74) is 2.27. The van der Waals surface area contributed by atoms with Crippen LogP contribution in [0.3, 0.4) is 0 Å². The molecule has 35 heavy (non-hydrogen) atoms. The van der Waals surface area contributed by atoms with Gasteiger partial charge in [-0.25, -0.2) is 15.0 Å². The maximum absolute atomic E-state index is 13.5. The van der Waals surface area contributed by atoms with Gasteiger partial charge in [-0.15, -0.1) is 0 Å². The normalized spacial score (nSPS) is 12.0. The highest BCUT2D eigenvalue weighted by Gasteiger charge is 2.26. The van der Waals surface area contributed by atoms with Crippen molar-refractivity contribution in [1.82, 2.24) is 15.0 Å². The van der Waals surface area contributed by atoms with Gasteiger partial charge < -0.3 is 19.9 Å². The fourth-order valence-electron chi connectivity index (χ4n) is 3.69. The number of ether oxygens (including phenoxy) is 1. The monoisotopic (exact) mass is 466 g/mol. The third-order valence-corrected chi connectivity index (χ3v) is 5.50. The van der Waals surface area contributed by atoms with Crippen molar-refractivity contribution in [3.05, 3.63) is 95.9 Å². The van der Waals surface area contributed by atoms with E-state index < -0.39 is 0 Å². The van der Waals surface area contributed by atoms with E-state index in [9.17, 15) is 9.59 Å². The summed E-state index contributed by atoms with van der Waals surface area (Å²) in [5.74, 6) is 1.47. The molecule has 5 rings (SSSR count). The Morgan fingerprint density at radius 2 is 1.80 bits per heavy atom. The number of para-hydroxylation sites is 2. The Labute approximate surface area is 202 Å². The Balaban J connectivity index is 1.37. The number of nitrogens with one attached hydrogen (secondary N) is 1. The number of nitrogens with zero attached hydrogens (tertiary/aromatic N) is 5. The maximum atomic E-state index is 13.5. The van der Waals surface area contributed by atoms with E-state index in [1.165, 1.54) is 6.20 Å². The average molecular weight is 467 g/mol. The van der Waals surface area contributed by atoms with Crippen molar-refractivity contribution in [2.75, 3.05) is 29.2 Å². The van der Waals surface area contributed by atoms with Crippen molar-refractivity contribution in [2.24, 2.45) is 0 Å². The minimum Gasteiger partial charge on any atom is -0.436 e. The van der Waals surface area contributed by atoms with E-state index in [0.717, 1.165) is 5.56 Å². The number of benzene rings is 1. The number of carbonyl (C=O) groups excluding carboxylic acids is 2. The largest absolute Gasteiger partial charge is 0.436 e. The van der Waals surface area contributed by atoms with Crippen LogP contribution in [0.25, 0.3) is 0 Å². The summed E-state index contributed by atoms with van der Waals surface area (Å²) in [7, 11) is 3.70. The van der Waals surface area contributed by atoms with Gasteiger partial charge in [0.05, 0.1) is 17.8 Å². The molecule has 0 fully saturated rings. The van der Waals surface area contributed by atoms with Gasteiger partial charge in [-0.2, -0.15) is 0 Å². The number of fused-ring (bicyclic) bond motifs is 2. The Bertz CT molecular complexity index is 1400. The molecule has 0 saturated heterocycles. The van der Waals surface area contributed by atoms with Gasteiger partial charge in [0.1, 0.15) is 11.6 Å². The molecule has 0 radical (unpaired) electrons. The van der Waals surface area contributed by atoms with Gasteiger partial charge in [-0.3, -0.25) is 9.59 Å². The molecular weight excluding hydrogens is 444 g/mol. The van der Waals surface area contributed by atoms with E-state index in [0.29, 0.717) is 46.6 Å². The third kappa shape index (κ3) is 4.51. The van der Waals surface area contributed by atoms with Crippen LogP contribution >= 0.6 is 0 Å². The van der Waals surface area contributed by atoms with Crippen LogP contribution in [0.4, 0.5) is 17.3 Å². The zero-order valence-electron chi connectivity index (χ0n) is 19.2. The third-order valence-electron chi connectivity index (χ3n) is 5.50. The summed E-state index contributed by atoms with van der Waals surface area (Å²) in [4.78, 5) is 42.4. The molecule has 2 amide bonds. The molecule has 0 bridgehead atoms. The van der Waals surface area contributed by atoms with E-state index in [1.807, 2.05) is 49.3 Å². The molecule has 4 aromatic rings. The number of anilines is 3. The molecule has 0 atom stereocenters. The Kier molecular flexibility index (Phi) is 5.80. The van der Waals surface area contributed by atoms with Gasteiger partial charge in [-0.05, 0) is 42.5 Å². The van der Waals surface area contributed by atoms with Crippen LogP contribution in [-0.4, -0.2) is 40.9 Å². The second-order valence-corrected chi connectivity index (χ2v) is 8.11. The highest BCUT2D eigenvalue weighted by Crippen LogP contribution is 2.38. The minimum atomic E-state index is -0.315. The number of pyridine rings is 3. The summed E-state index contributed by atoms with van der Waals surface area (Å²) in [6, 6.07) is 17.6. The zero-order chi connectivity index (χ0) is 24.4. The number of aromatic nitrogens is 3. The lowest BCUT2D eigenvalue weighted by atomic mass is 10.1. The van der Waals surface area contributed by atoms with Crippen molar-refractivity contribution in [1.29, 1.82) is 0 Å². The highest BCUT2D eigenvalue weighted by atomic mass is 16.5. The predicted octanol–water partition coefficient (Wildman–Crippen LogP) is 4.14. The van der Waals surface area contributed by atoms with Crippen molar-refractivity contribution < 1.29 is 14.3 Å². The first-order valence-corrected chi connectivity index (χ1v) is 10.9. The predicted molar refractivity (Wildman–Crippen MR) is 132 cm³/mol. The standard InChI is InChI=1S/C26H22N6O3/c1-31(2)23-14-17(11-13-27-23)24(33)30-22-10-9-18(15-29-22)26(34)32-16-19-6-5-12-28-25(19)35-21-8-4-3-7-20(21)32/h3-15H,16H2,1-2H3,(H,29,30,33). The summed E-state index contributed by atoms with van der Waals surface area (Å²) in [6.07, 6.45) is 4.69. The topological polar surface area (TPSA) is 101 Å². The van der Waals surface area contributed by atoms with Gasteiger partial charge in [0, 0.05) is 43.8 Å². The number of hydrogen-bond acceptors (Lipinski definition) is 7. The van der Waals surface area contributed by atoms with Crippen LogP contribution in [0.2, 0.25) is 0 Å². The lowest BCUT2D eigenvalue weighted by Gasteiger charge is -2.22. The molecule has 1 aliphatic rings. The molecule has 9 nitrogen and oxygen atoms in total. The molecule has 174 valence electrons. The molecule has 3 aromatic heterocycles. The van der Waals surface area contributed by atoms with E-state index in [2.05, 4.69) is 20.3 Å². The molecule has 0 unspecified atom stereocenters. The summed E-state index contributed by atoms with van der Waals surface area (Å²) < 4.78 is 5.97. The van der Waals surface area contributed by atoms with Crippen molar-refractivity contribution in [3.63, 3.8) is 0 Å².